The fraction of sp³-hybridized carbons (Fsp3) is 0.471. The number of nitrogens with zero attached hydrogens (tertiary/aromatic N) is 6. The van der Waals surface area contributed by atoms with E-state index in [4.69, 9.17) is 16.6 Å². The van der Waals surface area contributed by atoms with E-state index in [-0.39, 0.29) is 0 Å². The molecule has 2 aliphatic heterocycles. The van der Waals surface area contributed by atoms with Crippen molar-refractivity contribution in [3.05, 3.63) is 35.6 Å². The van der Waals surface area contributed by atoms with Crippen LogP contribution >= 0.6 is 11.6 Å². The van der Waals surface area contributed by atoms with Gasteiger partial charge in [0.2, 0.25) is 5.95 Å². The number of hydrogen-bond acceptors (Lipinski definition) is 6. The molecule has 0 aliphatic carbocycles. The first-order chi connectivity index (χ1) is 11.8. The number of aromatic nitrogens is 3. The average molecular weight is 345 g/mol. The summed E-state index contributed by atoms with van der Waals surface area (Å²) in [5, 5.41) is 0.674. The number of hydrogen-bond donors (Lipinski definition) is 0. The molecule has 2 aliphatic rings. The fourth-order valence-corrected chi connectivity index (χ4v) is 3.42. The third-order valence-electron chi connectivity index (χ3n) is 4.66. The minimum atomic E-state index is 0.674. The van der Waals surface area contributed by atoms with Gasteiger partial charge in [-0.1, -0.05) is 11.6 Å². The third-order valence-corrected chi connectivity index (χ3v) is 4.88. The number of anilines is 3. The van der Waals surface area contributed by atoms with Gasteiger partial charge in [-0.15, -0.1) is 0 Å². The molecule has 6 nitrogen and oxygen atoms in total. The molecule has 2 saturated heterocycles. The lowest BCUT2D eigenvalue weighted by Gasteiger charge is -2.36. The summed E-state index contributed by atoms with van der Waals surface area (Å²) in [6.07, 6.45) is 6.06. The minimum absolute atomic E-state index is 0.674. The van der Waals surface area contributed by atoms with Crippen molar-refractivity contribution in [2.24, 2.45) is 0 Å². The standard InChI is InChI=1S/C17H21ClN6/c18-14-3-4-15(20-13-14)22-9-11-23(12-10-22)16-5-6-19-17(21-16)24-7-1-2-8-24/h3-6,13H,1-2,7-12H2. The van der Waals surface area contributed by atoms with Crippen molar-refractivity contribution >= 4 is 29.2 Å². The quantitative estimate of drug-likeness (QED) is 0.852. The van der Waals surface area contributed by atoms with E-state index in [1.807, 2.05) is 24.4 Å². The first kappa shape index (κ1) is 15.4. The summed E-state index contributed by atoms with van der Waals surface area (Å²) < 4.78 is 0. The molecule has 0 N–H and O–H groups in total. The second-order valence-electron chi connectivity index (χ2n) is 6.22. The molecule has 4 rings (SSSR count). The molecule has 0 aromatic carbocycles. The highest BCUT2D eigenvalue weighted by Gasteiger charge is 2.21. The van der Waals surface area contributed by atoms with E-state index in [2.05, 4.69) is 24.7 Å². The number of halogens is 1. The summed E-state index contributed by atoms with van der Waals surface area (Å²) in [5.74, 6) is 2.88. The predicted molar refractivity (Wildman–Crippen MR) is 97.2 cm³/mol. The molecule has 0 atom stereocenters. The summed E-state index contributed by atoms with van der Waals surface area (Å²) >= 11 is 5.92. The summed E-state index contributed by atoms with van der Waals surface area (Å²) in [5.41, 5.74) is 0. The molecule has 0 spiro atoms. The molecule has 7 heteroatoms. The van der Waals surface area contributed by atoms with Gasteiger partial charge in [0, 0.05) is 51.7 Å². The van der Waals surface area contributed by atoms with Gasteiger partial charge in [0.15, 0.2) is 0 Å². The summed E-state index contributed by atoms with van der Waals surface area (Å²) in [6.45, 7) is 5.86. The van der Waals surface area contributed by atoms with Crippen molar-refractivity contribution < 1.29 is 0 Å². The van der Waals surface area contributed by atoms with Gasteiger partial charge in [-0.25, -0.2) is 9.97 Å². The van der Waals surface area contributed by atoms with Crippen molar-refractivity contribution in [1.82, 2.24) is 15.0 Å². The normalized spacial score (nSPS) is 18.3. The Kier molecular flexibility index (Phi) is 4.38. The van der Waals surface area contributed by atoms with Gasteiger partial charge in [-0.05, 0) is 31.0 Å². The molecule has 0 saturated carbocycles. The summed E-state index contributed by atoms with van der Waals surface area (Å²) in [4.78, 5) is 20.5. The first-order valence-corrected chi connectivity index (χ1v) is 8.87. The van der Waals surface area contributed by atoms with E-state index in [0.29, 0.717) is 5.02 Å². The molecular weight excluding hydrogens is 324 g/mol. The zero-order chi connectivity index (χ0) is 16.4. The van der Waals surface area contributed by atoms with E-state index in [1.165, 1.54) is 12.8 Å². The zero-order valence-corrected chi connectivity index (χ0v) is 14.4. The van der Waals surface area contributed by atoms with Gasteiger partial charge < -0.3 is 14.7 Å². The lowest BCUT2D eigenvalue weighted by molar-refractivity contribution is 0.640. The molecule has 0 unspecified atom stereocenters. The van der Waals surface area contributed by atoms with Gasteiger partial charge in [-0.2, -0.15) is 4.98 Å². The van der Waals surface area contributed by atoms with Crippen LogP contribution in [0.4, 0.5) is 17.6 Å². The van der Waals surface area contributed by atoms with E-state index in [1.54, 1.807) is 6.20 Å². The topological polar surface area (TPSA) is 48.4 Å². The van der Waals surface area contributed by atoms with Gasteiger partial charge in [0.05, 0.1) is 5.02 Å². The van der Waals surface area contributed by atoms with Crippen LogP contribution in [0.25, 0.3) is 0 Å². The van der Waals surface area contributed by atoms with Gasteiger partial charge >= 0.3 is 0 Å². The maximum Gasteiger partial charge on any atom is 0.227 e. The molecule has 0 amide bonds. The lowest BCUT2D eigenvalue weighted by atomic mass is 10.3. The second kappa shape index (κ2) is 6.81. The summed E-state index contributed by atoms with van der Waals surface area (Å²) in [6, 6.07) is 5.88. The molecular formula is C17H21ClN6. The van der Waals surface area contributed by atoms with Crippen LogP contribution in [0, 0.1) is 0 Å². The maximum atomic E-state index is 5.92. The highest BCUT2D eigenvalue weighted by Crippen LogP contribution is 2.21. The Bertz CT molecular complexity index is 678. The van der Waals surface area contributed by atoms with Crippen LogP contribution in [-0.2, 0) is 0 Å². The Morgan fingerprint density at radius 3 is 2.12 bits per heavy atom. The van der Waals surface area contributed by atoms with Crippen molar-refractivity contribution in [2.45, 2.75) is 12.8 Å². The van der Waals surface area contributed by atoms with E-state index >= 15 is 0 Å². The Morgan fingerprint density at radius 1 is 0.750 bits per heavy atom. The Balaban J connectivity index is 1.42. The Labute approximate surface area is 147 Å². The highest BCUT2D eigenvalue weighted by atomic mass is 35.5. The Morgan fingerprint density at radius 2 is 1.46 bits per heavy atom. The third kappa shape index (κ3) is 3.24. The summed E-state index contributed by atoms with van der Waals surface area (Å²) in [7, 11) is 0. The van der Waals surface area contributed by atoms with Crippen LogP contribution in [-0.4, -0.2) is 54.2 Å². The zero-order valence-electron chi connectivity index (χ0n) is 13.6. The number of pyridine rings is 1. The lowest BCUT2D eigenvalue weighted by Crippen LogP contribution is -2.47. The van der Waals surface area contributed by atoms with Crippen molar-refractivity contribution in [2.75, 3.05) is 54.0 Å². The maximum absolute atomic E-state index is 5.92. The monoisotopic (exact) mass is 344 g/mol. The number of rotatable bonds is 3. The molecule has 2 fully saturated rings. The minimum Gasteiger partial charge on any atom is -0.353 e. The molecule has 0 bridgehead atoms. The Hall–Kier alpha value is -2.08. The second-order valence-corrected chi connectivity index (χ2v) is 6.65. The molecule has 4 heterocycles. The van der Waals surface area contributed by atoms with Crippen LogP contribution in [0.15, 0.2) is 30.6 Å². The molecule has 0 radical (unpaired) electrons. The van der Waals surface area contributed by atoms with Crippen LogP contribution in [0.2, 0.25) is 5.02 Å². The van der Waals surface area contributed by atoms with Gasteiger partial charge in [0.25, 0.3) is 0 Å². The van der Waals surface area contributed by atoms with Gasteiger partial charge in [-0.3, -0.25) is 0 Å². The van der Waals surface area contributed by atoms with Crippen LogP contribution in [0.3, 0.4) is 0 Å². The number of piperazine rings is 1. The van der Waals surface area contributed by atoms with Crippen molar-refractivity contribution in [3.8, 4) is 0 Å². The molecule has 24 heavy (non-hydrogen) atoms. The van der Waals surface area contributed by atoms with Crippen LogP contribution < -0.4 is 14.7 Å². The SMILES string of the molecule is Clc1ccc(N2CCN(c3ccnc(N4CCCC4)n3)CC2)nc1. The molecule has 2 aromatic heterocycles. The average Bonchev–Trinajstić information content (AvgIpc) is 3.17. The fourth-order valence-electron chi connectivity index (χ4n) is 3.30. The highest BCUT2D eigenvalue weighted by molar-refractivity contribution is 6.30. The predicted octanol–water partition coefficient (Wildman–Crippen LogP) is 2.45. The van der Waals surface area contributed by atoms with E-state index < -0.39 is 0 Å². The van der Waals surface area contributed by atoms with E-state index in [9.17, 15) is 0 Å². The van der Waals surface area contributed by atoms with Crippen LogP contribution in [0.1, 0.15) is 12.8 Å². The van der Waals surface area contributed by atoms with E-state index in [0.717, 1.165) is 56.9 Å². The van der Waals surface area contributed by atoms with Crippen molar-refractivity contribution in [3.63, 3.8) is 0 Å². The van der Waals surface area contributed by atoms with Gasteiger partial charge in [0.1, 0.15) is 11.6 Å². The largest absolute Gasteiger partial charge is 0.353 e. The van der Waals surface area contributed by atoms with Crippen molar-refractivity contribution in [1.29, 1.82) is 0 Å². The first-order valence-electron chi connectivity index (χ1n) is 8.49. The molecule has 126 valence electrons. The van der Waals surface area contributed by atoms with Crippen LogP contribution in [0.5, 0.6) is 0 Å². The molecule has 2 aromatic rings. The smallest absolute Gasteiger partial charge is 0.227 e.